The molecule has 0 radical (unpaired) electrons. The van der Waals surface area contributed by atoms with Gasteiger partial charge in [0.25, 0.3) is 0 Å². The Balaban J connectivity index is 4.42. The molecule has 0 saturated carbocycles. The average Bonchev–Trinajstić information content (AvgIpc) is 3.13. The van der Waals surface area contributed by atoms with Crippen LogP contribution in [0.4, 0.5) is 0 Å². The molecule has 6 heteroatoms. The van der Waals surface area contributed by atoms with Gasteiger partial charge in [-0.1, -0.05) is 220 Å². The van der Waals surface area contributed by atoms with E-state index in [9.17, 15) is 19.8 Å². The lowest BCUT2D eigenvalue weighted by molar-refractivity contribution is -0.151. The number of hydrogen-bond acceptors (Lipinski definition) is 5. The first-order chi connectivity index (χ1) is 25.5. The van der Waals surface area contributed by atoms with Gasteiger partial charge in [0.2, 0.25) is 5.91 Å². The second-order valence-corrected chi connectivity index (χ2v) is 16.2. The molecule has 0 fully saturated rings. The molecule has 0 heterocycles. The number of nitrogens with one attached hydrogen (secondary N) is 1. The van der Waals surface area contributed by atoms with Crippen molar-refractivity contribution in [2.45, 2.75) is 277 Å². The first-order valence-electron chi connectivity index (χ1n) is 23.3. The van der Waals surface area contributed by atoms with Gasteiger partial charge >= 0.3 is 5.97 Å². The Hall–Kier alpha value is -1.14. The first-order valence-corrected chi connectivity index (χ1v) is 23.3. The van der Waals surface area contributed by atoms with Gasteiger partial charge < -0.3 is 20.3 Å². The Morgan fingerprint density at radius 2 is 0.808 bits per heavy atom. The lowest BCUT2D eigenvalue weighted by Crippen LogP contribution is -2.46. The fourth-order valence-electron chi connectivity index (χ4n) is 7.37. The van der Waals surface area contributed by atoms with Gasteiger partial charge in [0.15, 0.2) is 0 Å². The van der Waals surface area contributed by atoms with Crippen LogP contribution in [0.1, 0.15) is 258 Å². The van der Waals surface area contributed by atoms with Crippen LogP contribution in [0.5, 0.6) is 0 Å². The van der Waals surface area contributed by atoms with Crippen LogP contribution < -0.4 is 5.32 Å². The maximum atomic E-state index is 13.1. The lowest BCUT2D eigenvalue weighted by atomic mass is 10.0. The summed E-state index contributed by atoms with van der Waals surface area (Å²) in [5.41, 5.74) is 0. The number of carbonyl (C=O) groups excluding carboxylic acids is 2. The van der Waals surface area contributed by atoms with Crippen molar-refractivity contribution in [1.82, 2.24) is 5.32 Å². The Morgan fingerprint density at radius 1 is 0.481 bits per heavy atom. The van der Waals surface area contributed by atoms with Gasteiger partial charge in [-0.05, 0) is 25.7 Å². The predicted molar refractivity (Wildman–Crippen MR) is 223 cm³/mol. The molecule has 310 valence electrons. The maximum absolute atomic E-state index is 13.1. The Labute approximate surface area is 324 Å². The Kier molecular flexibility index (Phi) is 40.1. The fraction of sp³-hybridized carbons (Fsp3) is 0.957. The van der Waals surface area contributed by atoms with Crippen molar-refractivity contribution in [2.24, 2.45) is 0 Å². The quantitative estimate of drug-likeness (QED) is 0.0428. The minimum absolute atomic E-state index is 0.0859. The van der Waals surface area contributed by atoms with Crippen molar-refractivity contribution in [2.75, 3.05) is 6.61 Å². The molecule has 1 amide bonds. The van der Waals surface area contributed by atoms with E-state index in [1.54, 1.807) is 0 Å². The van der Waals surface area contributed by atoms with E-state index in [2.05, 4.69) is 26.1 Å². The zero-order valence-electron chi connectivity index (χ0n) is 35.2. The number of carbonyl (C=O) groups is 2. The summed E-state index contributed by atoms with van der Waals surface area (Å²) in [6.07, 6.45) is 41.7. The van der Waals surface area contributed by atoms with Crippen molar-refractivity contribution < 1.29 is 24.5 Å². The molecule has 0 bridgehead atoms. The van der Waals surface area contributed by atoms with E-state index in [0.717, 1.165) is 38.5 Å². The molecule has 0 aliphatic carbocycles. The monoisotopic (exact) mass is 738 g/mol. The summed E-state index contributed by atoms with van der Waals surface area (Å²) in [5, 5.41) is 23.6. The summed E-state index contributed by atoms with van der Waals surface area (Å²) in [5.74, 6) is -0.461. The normalized spacial score (nSPS) is 13.2. The van der Waals surface area contributed by atoms with Gasteiger partial charge in [0, 0.05) is 6.42 Å². The van der Waals surface area contributed by atoms with Crippen molar-refractivity contribution >= 4 is 11.9 Å². The second-order valence-electron chi connectivity index (χ2n) is 16.2. The largest absolute Gasteiger partial charge is 0.462 e. The highest BCUT2D eigenvalue weighted by Crippen LogP contribution is 2.18. The number of unbranched alkanes of at least 4 members (excludes halogenated alkanes) is 30. The molecule has 3 unspecified atom stereocenters. The zero-order valence-corrected chi connectivity index (χ0v) is 35.2. The fourth-order valence-corrected chi connectivity index (χ4v) is 7.37. The number of esters is 1. The van der Waals surface area contributed by atoms with Crippen molar-refractivity contribution in [3.8, 4) is 0 Å². The number of hydrogen-bond donors (Lipinski definition) is 3. The van der Waals surface area contributed by atoms with Crippen molar-refractivity contribution in [1.29, 1.82) is 0 Å². The zero-order chi connectivity index (χ0) is 38.2. The molecule has 0 rings (SSSR count). The molecule has 3 atom stereocenters. The van der Waals surface area contributed by atoms with Crippen LogP contribution in [-0.4, -0.2) is 46.9 Å². The van der Waals surface area contributed by atoms with Gasteiger partial charge in [0.1, 0.15) is 6.10 Å². The summed E-state index contributed by atoms with van der Waals surface area (Å²) in [6, 6.07) is -0.689. The highest BCUT2D eigenvalue weighted by Gasteiger charge is 2.24. The third kappa shape index (κ3) is 35.9. The minimum atomic E-state index is -0.776. The molecule has 0 aliphatic rings. The van der Waals surface area contributed by atoms with E-state index >= 15 is 0 Å². The van der Waals surface area contributed by atoms with E-state index in [-0.39, 0.29) is 24.9 Å². The molecule has 52 heavy (non-hydrogen) atoms. The molecule has 0 aromatic carbocycles. The van der Waals surface area contributed by atoms with Crippen LogP contribution in [0.3, 0.4) is 0 Å². The summed E-state index contributed by atoms with van der Waals surface area (Å²) >= 11 is 0. The topological polar surface area (TPSA) is 95.9 Å². The predicted octanol–water partition coefficient (Wildman–Crippen LogP) is 13.2. The highest BCUT2D eigenvalue weighted by molar-refractivity contribution is 5.77. The van der Waals surface area contributed by atoms with E-state index < -0.39 is 18.2 Å². The van der Waals surface area contributed by atoms with Gasteiger partial charge in [-0.2, -0.15) is 0 Å². The van der Waals surface area contributed by atoms with Gasteiger partial charge in [-0.25, -0.2) is 0 Å². The Morgan fingerprint density at radius 3 is 1.17 bits per heavy atom. The average molecular weight is 738 g/mol. The van der Waals surface area contributed by atoms with E-state index in [1.807, 2.05) is 0 Å². The molecular formula is C46H91NO5. The van der Waals surface area contributed by atoms with Crippen LogP contribution in [-0.2, 0) is 14.3 Å². The van der Waals surface area contributed by atoms with Crippen molar-refractivity contribution in [3.05, 3.63) is 0 Å². The molecular weight excluding hydrogens is 647 g/mol. The third-order valence-corrected chi connectivity index (χ3v) is 10.9. The number of amides is 1. The summed E-state index contributed by atoms with van der Waals surface area (Å²) in [7, 11) is 0. The number of ether oxygens (including phenoxy) is 1. The molecule has 0 saturated heterocycles. The van der Waals surface area contributed by atoms with Crippen LogP contribution in [0.15, 0.2) is 0 Å². The van der Waals surface area contributed by atoms with Crippen LogP contribution >= 0.6 is 0 Å². The molecule has 0 spiro atoms. The number of rotatable bonds is 42. The summed E-state index contributed by atoms with van der Waals surface area (Å²) in [4.78, 5) is 25.9. The second kappa shape index (κ2) is 41.0. The molecule has 0 aromatic heterocycles. The number of aliphatic hydroxyl groups excluding tert-OH is 2. The maximum Gasteiger partial charge on any atom is 0.306 e. The standard InChI is InChI=1S/C46H91NO5/c1-4-7-10-13-16-19-21-22-23-24-25-27-30-33-36-39-46(51)52-42(37-34-31-28-18-15-12-9-6-3)40-45(50)47-43(41-48)44(49)38-35-32-29-26-20-17-14-11-8-5-2/h42-44,48-49H,4-41H2,1-3H3,(H,47,50). The Bertz CT molecular complexity index is 746. The molecule has 0 aromatic rings. The van der Waals surface area contributed by atoms with Crippen molar-refractivity contribution in [3.63, 3.8) is 0 Å². The highest BCUT2D eigenvalue weighted by atomic mass is 16.5. The lowest BCUT2D eigenvalue weighted by Gasteiger charge is -2.24. The van der Waals surface area contributed by atoms with Crippen LogP contribution in [0.25, 0.3) is 0 Å². The minimum Gasteiger partial charge on any atom is -0.462 e. The van der Waals surface area contributed by atoms with Crippen LogP contribution in [0, 0.1) is 0 Å². The van der Waals surface area contributed by atoms with E-state index in [0.29, 0.717) is 19.3 Å². The van der Waals surface area contributed by atoms with E-state index in [1.165, 1.54) is 173 Å². The third-order valence-electron chi connectivity index (χ3n) is 10.9. The summed E-state index contributed by atoms with van der Waals surface area (Å²) < 4.78 is 5.89. The molecule has 6 nitrogen and oxygen atoms in total. The summed E-state index contributed by atoms with van der Waals surface area (Å²) in [6.45, 7) is 6.46. The van der Waals surface area contributed by atoms with E-state index in [4.69, 9.17) is 4.74 Å². The first kappa shape index (κ1) is 50.9. The van der Waals surface area contributed by atoms with Gasteiger partial charge in [-0.15, -0.1) is 0 Å². The number of aliphatic hydroxyl groups is 2. The molecule has 3 N–H and O–H groups in total. The van der Waals surface area contributed by atoms with Gasteiger partial charge in [-0.3, -0.25) is 9.59 Å². The smallest absolute Gasteiger partial charge is 0.306 e. The SMILES string of the molecule is CCCCCCCCCCCCCCCCCC(=O)OC(CCCCCCCCCC)CC(=O)NC(CO)C(O)CCCCCCCCCCCC. The van der Waals surface area contributed by atoms with Gasteiger partial charge in [0.05, 0.1) is 25.2 Å². The van der Waals surface area contributed by atoms with Crippen LogP contribution in [0.2, 0.25) is 0 Å². The molecule has 0 aliphatic heterocycles.